The van der Waals surface area contributed by atoms with E-state index in [9.17, 15) is 2.74 Å². The first-order valence-electron chi connectivity index (χ1n) is 22.5. The first-order chi connectivity index (χ1) is 28.9. The molecule has 220 valence electrons. The lowest BCUT2D eigenvalue weighted by Gasteiger charge is -2.36. The molecule has 0 unspecified atom stereocenters. The van der Waals surface area contributed by atoms with Gasteiger partial charge in [-0.25, -0.2) is 0 Å². The van der Waals surface area contributed by atoms with Gasteiger partial charge in [0.1, 0.15) is 0 Å². The molecule has 0 fully saturated rings. The maximum Gasteiger partial charge on any atom is 0.0630 e. The molecule has 0 saturated carbocycles. The molecule has 47 heavy (non-hydrogen) atoms. The molecule has 0 nitrogen and oxygen atoms in total. The third-order valence-corrected chi connectivity index (χ3v) is 9.76. The molecule has 0 spiro atoms. The van der Waals surface area contributed by atoms with E-state index in [0.717, 1.165) is 44.2 Å². The molecular formula is C47H32. The van der Waals surface area contributed by atoms with Crippen LogP contribution in [0.4, 0.5) is 0 Å². The van der Waals surface area contributed by atoms with Gasteiger partial charge in [0.25, 0.3) is 0 Å². The fraction of sp³-hybridized carbons (Fsp3) is 0.0638. The Labute approximate surface area is 294 Å². The molecule has 0 heteroatoms. The van der Waals surface area contributed by atoms with Gasteiger partial charge in [-0.1, -0.05) is 159 Å². The monoisotopic (exact) mass is 610 g/mol. The Morgan fingerprint density at radius 3 is 1.96 bits per heavy atom. The van der Waals surface area contributed by atoms with Crippen molar-refractivity contribution in [3.63, 3.8) is 0 Å². The van der Waals surface area contributed by atoms with Crippen LogP contribution in [-0.2, 0) is 5.41 Å². The zero-order chi connectivity index (χ0) is 43.5. The summed E-state index contributed by atoms with van der Waals surface area (Å²) >= 11 is 0. The van der Waals surface area contributed by atoms with Crippen LogP contribution in [-0.4, -0.2) is 0 Å². The van der Waals surface area contributed by atoms with Crippen molar-refractivity contribution in [2.45, 2.75) is 19.3 Å². The molecule has 0 aliphatic heterocycles. The predicted molar refractivity (Wildman–Crippen MR) is 202 cm³/mol. The number of fused-ring (bicyclic) bond motifs is 2. The summed E-state index contributed by atoms with van der Waals surface area (Å²) in [6, 6.07) is 17.7. The van der Waals surface area contributed by atoms with Crippen molar-refractivity contribution in [2.75, 3.05) is 0 Å². The average molecular weight is 611 g/mol. The van der Waals surface area contributed by atoms with Gasteiger partial charge in [0.05, 0.1) is 19.2 Å². The number of benzene rings is 9. The standard InChI is InChI=1S/C47H32/c1-47(2)42-25-21-34(28-41(42)39-16-8-15-38-36(24-26-43(47)46(38)39)29-9-4-3-5-10-29)33-13-7-14-35(27-33)37-22-19-32-18-17-30-11-6-12-31-20-23-40(37)45(32)44(30)31/h3-28H,1-2H3/i3D,4D,5D,6D,9D,10D,11D,12D,17D,18D,19D,20D,22D,23D. The SMILES string of the molecule is [2H]c1c([2H])c([2H])c(-c2ccc3c4c(cccc24)-c2cc(-c4cccc(-c5c([2H])c([2H])c6c([2H])c([2H])c7c([2H])c([2H])c([2H])c8c([2H])c([2H])c5c6c78)c4)ccc2C3(C)C)c([2H])c1[2H]. The van der Waals surface area contributed by atoms with E-state index in [1.165, 1.54) is 0 Å². The van der Waals surface area contributed by atoms with Gasteiger partial charge < -0.3 is 0 Å². The van der Waals surface area contributed by atoms with E-state index in [2.05, 4.69) is 26.0 Å². The van der Waals surface area contributed by atoms with Crippen molar-refractivity contribution in [3.8, 4) is 44.5 Å². The summed E-state index contributed by atoms with van der Waals surface area (Å²) in [5.74, 6) is 0. The predicted octanol–water partition coefficient (Wildman–Crippen LogP) is 13.0. The maximum absolute atomic E-state index is 9.29. The molecular weight excluding hydrogens is 565 g/mol. The molecule has 0 atom stereocenters. The van der Waals surface area contributed by atoms with Crippen molar-refractivity contribution in [3.05, 3.63) is 169 Å². The summed E-state index contributed by atoms with van der Waals surface area (Å²) in [7, 11) is 0. The minimum atomic E-state index is -0.519. The van der Waals surface area contributed by atoms with Crippen molar-refractivity contribution in [1.82, 2.24) is 0 Å². The van der Waals surface area contributed by atoms with Crippen molar-refractivity contribution < 1.29 is 19.2 Å². The van der Waals surface area contributed by atoms with E-state index < -0.39 is 59.8 Å². The lowest BCUT2D eigenvalue weighted by molar-refractivity contribution is 0.645. The molecule has 0 saturated heterocycles. The third-order valence-electron chi connectivity index (χ3n) is 9.76. The van der Waals surface area contributed by atoms with Crippen LogP contribution in [0.25, 0.3) is 87.6 Å². The van der Waals surface area contributed by atoms with Crippen molar-refractivity contribution in [2.24, 2.45) is 0 Å². The molecule has 0 bridgehead atoms. The maximum atomic E-state index is 9.29. The highest BCUT2D eigenvalue weighted by molar-refractivity contribution is 6.25. The first kappa shape index (κ1) is 16.2. The van der Waals surface area contributed by atoms with E-state index >= 15 is 0 Å². The van der Waals surface area contributed by atoms with Crippen LogP contribution >= 0.6 is 0 Å². The van der Waals surface area contributed by atoms with E-state index in [0.29, 0.717) is 11.1 Å². The summed E-state index contributed by atoms with van der Waals surface area (Å²) in [6.07, 6.45) is 0. The summed E-state index contributed by atoms with van der Waals surface area (Å²) in [6.45, 7) is 4.26. The van der Waals surface area contributed by atoms with E-state index in [1.54, 1.807) is 12.1 Å². The fourth-order valence-corrected chi connectivity index (χ4v) is 7.52. The van der Waals surface area contributed by atoms with E-state index in [-0.39, 0.29) is 73.7 Å². The van der Waals surface area contributed by atoms with Crippen molar-refractivity contribution in [1.29, 1.82) is 0 Å². The highest BCUT2D eigenvalue weighted by Gasteiger charge is 2.34. The minimum Gasteiger partial charge on any atom is -0.0622 e. The number of hydrogen-bond acceptors (Lipinski definition) is 0. The molecule has 0 N–H and O–H groups in total. The number of rotatable bonds is 3. The van der Waals surface area contributed by atoms with Crippen LogP contribution < -0.4 is 0 Å². The lowest BCUT2D eigenvalue weighted by Crippen LogP contribution is -2.23. The third kappa shape index (κ3) is 3.76. The molecule has 0 radical (unpaired) electrons. The van der Waals surface area contributed by atoms with Gasteiger partial charge >= 0.3 is 0 Å². The second-order valence-corrected chi connectivity index (χ2v) is 12.6. The number of hydrogen-bond donors (Lipinski definition) is 0. The van der Waals surface area contributed by atoms with Gasteiger partial charge in [-0.2, -0.15) is 0 Å². The van der Waals surface area contributed by atoms with E-state index in [4.69, 9.17) is 16.4 Å². The lowest BCUT2D eigenvalue weighted by atomic mass is 9.67. The van der Waals surface area contributed by atoms with Crippen molar-refractivity contribution >= 4 is 43.1 Å². The van der Waals surface area contributed by atoms with Gasteiger partial charge in [0.2, 0.25) is 0 Å². The molecule has 0 heterocycles. The second-order valence-electron chi connectivity index (χ2n) is 12.6. The van der Waals surface area contributed by atoms with Crippen LogP contribution in [0.1, 0.15) is 44.2 Å². The zero-order valence-electron chi connectivity index (χ0n) is 39.4. The summed E-state index contributed by atoms with van der Waals surface area (Å²) in [4.78, 5) is 0. The Morgan fingerprint density at radius 2 is 1.11 bits per heavy atom. The van der Waals surface area contributed by atoms with Gasteiger partial charge in [-0.3, -0.25) is 0 Å². The smallest absolute Gasteiger partial charge is 0.0622 e. The normalized spacial score (nSPS) is 17.7. The van der Waals surface area contributed by atoms with Crippen LogP contribution in [0.5, 0.6) is 0 Å². The summed E-state index contributed by atoms with van der Waals surface area (Å²) in [5, 5.41) is 1.75. The highest BCUT2D eigenvalue weighted by Crippen LogP contribution is 2.51. The van der Waals surface area contributed by atoms with Crippen LogP contribution in [0.3, 0.4) is 0 Å². The Balaban J connectivity index is 1.21. The first-order valence-corrected chi connectivity index (χ1v) is 15.5. The molecule has 1 aliphatic rings. The molecule has 9 aromatic rings. The molecule has 10 rings (SSSR count). The quantitative estimate of drug-likeness (QED) is 0.175. The zero-order valence-corrected chi connectivity index (χ0v) is 25.4. The summed E-state index contributed by atoms with van der Waals surface area (Å²) < 4.78 is 123. The Morgan fingerprint density at radius 1 is 0.404 bits per heavy atom. The summed E-state index contributed by atoms with van der Waals surface area (Å²) in [5.41, 5.74) is 6.30. The molecule has 1 aliphatic carbocycles. The Hall–Kier alpha value is -5.72. The molecule has 0 aromatic heterocycles. The minimum absolute atomic E-state index is 0.0751. The largest absolute Gasteiger partial charge is 0.0630 e. The van der Waals surface area contributed by atoms with Crippen LogP contribution in [0.15, 0.2) is 157 Å². The molecule has 0 amide bonds. The Bertz CT molecular complexity index is 3440. The van der Waals surface area contributed by atoms with E-state index in [1.807, 2.05) is 48.5 Å². The Kier molecular flexibility index (Phi) is 3.33. The van der Waals surface area contributed by atoms with Crippen LogP contribution in [0.2, 0.25) is 0 Å². The van der Waals surface area contributed by atoms with Gasteiger partial charge in [-0.05, 0) is 111 Å². The topological polar surface area (TPSA) is 0 Å². The second kappa shape index (κ2) is 9.64. The van der Waals surface area contributed by atoms with Crippen LogP contribution in [0, 0.1) is 0 Å². The fourth-order valence-electron chi connectivity index (χ4n) is 7.52. The van der Waals surface area contributed by atoms with Gasteiger partial charge in [0, 0.05) is 5.41 Å². The highest BCUT2D eigenvalue weighted by atomic mass is 14.4. The molecule has 9 aromatic carbocycles. The average Bonchev–Trinajstić information content (AvgIpc) is 3.25. The van der Waals surface area contributed by atoms with Gasteiger partial charge in [-0.15, -0.1) is 0 Å². The van der Waals surface area contributed by atoms with Gasteiger partial charge in [0.15, 0.2) is 0 Å².